The molecule has 13 heteroatoms. The summed E-state index contributed by atoms with van der Waals surface area (Å²) >= 11 is 1.35. The number of carbonyl (C=O) groups excluding carboxylic acids is 2. The van der Waals surface area contributed by atoms with E-state index in [4.69, 9.17) is 0 Å². The summed E-state index contributed by atoms with van der Waals surface area (Å²) in [5, 5.41) is 22.9. The minimum absolute atomic E-state index is 0.143. The van der Waals surface area contributed by atoms with Crippen LogP contribution in [0.4, 0.5) is 24.1 Å². The molecule has 2 amide bonds. The highest BCUT2D eigenvalue weighted by Gasteiger charge is 2.33. The Bertz CT molecular complexity index is 1360. The Hall–Kier alpha value is -4.13. The number of hydrogen-bond acceptors (Lipinski definition) is 8. The summed E-state index contributed by atoms with van der Waals surface area (Å²) in [6, 6.07) is 12.8. The summed E-state index contributed by atoms with van der Waals surface area (Å²) in [5.41, 5.74) is 1.84. The van der Waals surface area contributed by atoms with E-state index in [1.54, 1.807) is 18.2 Å². The monoisotopic (exact) mass is 572 g/mol. The largest absolute Gasteiger partial charge is 0.573 e. The topological polar surface area (TPSA) is 119 Å². The Labute approximate surface area is 232 Å². The van der Waals surface area contributed by atoms with E-state index < -0.39 is 12.3 Å². The number of rotatable bonds is 12. The van der Waals surface area contributed by atoms with Crippen molar-refractivity contribution < 1.29 is 27.5 Å². The molecule has 210 valence electrons. The number of ether oxygens (including phenoxy) is 1. The quantitative estimate of drug-likeness (QED) is 0.273. The second-order valence-electron chi connectivity index (χ2n) is 8.98. The zero-order valence-electron chi connectivity index (χ0n) is 21.4. The fourth-order valence-corrected chi connectivity index (χ4v) is 4.74. The van der Waals surface area contributed by atoms with E-state index in [0.717, 1.165) is 29.1 Å². The SMILES string of the molecule is O=C(CC1=CCCC=C1OC(F)(F)F)Nc1ccc(CCCCc2nnc(NC(=O)Cc3ccccc3)s2)nn1. The van der Waals surface area contributed by atoms with Gasteiger partial charge in [0, 0.05) is 6.42 Å². The van der Waals surface area contributed by atoms with E-state index >= 15 is 0 Å². The van der Waals surface area contributed by atoms with Gasteiger partial charge in [-0.25, -0.2) is 0 Å². The first-order valence-electron chi connectivity index (χ1n) is 12.7. The van der Waals surface area contributed by atoms with E-state index in [2.05, 4.69) is 35.8 Å². The summed E-state index contributed by atoms with van der Waals surface area (Å²) in [6.45, 7) is 0. The van der Waals surface area contributed by atoms with Gasteiger partial charge in [-0.2, -0.15) is 5.10 Å². The molecule has 0 saturated carbocycles. The molecule has 3 aromatic rings. The van der Waals surface area contributed by atoms with Gasteiger partial charge in [-0.15, -0.1) is 28.5 Å². The smallest absolute Gasteiger partial charge is 0.406 e. The number of alkyl halides is 3. The van der Waals surface area contributed by atoms with E-state index in [1.807, 2.05) is 30.3 Å². The number of nitrogens with zero attached hydrogens (tertiary/aromatic N) is 4. The van der Waals surface area contributed by atoms with E-state index in [-0.39, 0.29) is 35.9 Å². The molecule has 0 bridgehead atoms. The number of hydrogen-bond donors (Lipinski definition) is 2. The Balaban J connectivity index is 1.16. The number of nitrogens with one attached hydrogen (secondary N) is 2. The number of benzene rings is 1. The van der Waals surface area contributed by atoms with Gasteiger partial charge in [-0.1, -0.05) is 47.7 Å². The van der Waals surface area contributed by atoms with Crippen molar-refractivity contribution in [2.24, 2.45) is 0 Å². The maximum absolute atomic E-state index is 12.6. The first kappa shape index (κ1) is 28.9. The van der Waals surface area contributed by atoms with Crippen LogP contribution < -0.4 is 10.6 Å². The van der Waals surface area contributed by atoms with Crippen LogP contribution in [-0.4, -0.2) is 38.6 Å². The number of aryl methyl sites for hydroxylation is 2. The fourth-order valence-electron chi connectivity index (χ4n) is 3.95. The van der Waals surface area contributed by atoms with Crippen molar-refractivity contribution in [3.63, 3.8) is 0 Å². The highest BCUT2D eigenvalue weighted by atomic mass is 32.1. The maximum atomic E-state index is 12.6. The van der Waals surface area contributed by atoms with Crippen molar-refractivity contribution in [1.29, 1.82) is 0 Å². The molecular formula is C27H27F3N6O3S. The molecule has 0 saturated heterocycles. The predicted molar refractivity (Wildman–Crippen MR) is 143 cm³/mol. The number of unbranched alkanes of at least 4 members (excludes halogenated alkanes) is 1. The Morgan fingerprint density at radius 3 is 2.35 bits per heavy atom. The fraction of sp³-hybridized carbons (Fsp3) is 0.333. The van der Waals surface area contributed by atoms with E-state index in [0.29, 0.717) is 30.8 Å². The third kappa shape index (κ3) is 9.56. The summed E-state index contributed by atoms with van der Waals surface area (Å²) < 4.78 is 41.9. The van der Waals surface area contributed by atoms with Gasteiger partial charge < -0.3 is 15.4 Å². The molecule has 0 spiro atoms. The third-order valence-electron chi connectivity index (χ3n) is 5.76. The zero-order valence-corrected chi connectivity index (χ0v) is 22.2. The molecule has 9 nitrogen and oxygen atoms in total. The summed E-state index contributed by atoms with van der Waals surface area (Å²) in [5.74, 6) is -0.786. The molecule has 0 fully saturated rings. The van der Waals surface area contributed by atoms with Gasteiger partial charge in [0.2, 0.25) is 16.9 Å². The average molecular weight is 573 g/mol. The second-order valence-corrected chi connectivity index (χ2v) is 10.0. The first-order valence-corrected chi connectivity index (χ1v) is 13.5. The lowest BCUT2D eigenvalue weighted by molar-refractivity contribution is -0.304. The van der Waals surface area contributed by atoms with Gasteiger partial charge >= 0.3 is 6.36 Å². The Morgan fingerprint density at radius 2 is 1.60 bits per heavy atom. The summed E-state index contributed by atoms with van der Waals surface area (Å²) in [4.78, 5) is 24.5. The lowest BCUT2D eigenvalue weighted by Crippen LogP contribution is -2.19. The van der Waals surface area contributed by atoms with Crippen molar-refractivity contribution in [1.82, 2.24) is 20.4 Å². The standard InChI is InChI=1S/C27H27F3N6O3S/c28-27(29,30)39-21-12-6-4-10-19(21)17-24(38)31-22-15-14-20(33-34-22)11-5-7-13-25-35-36-26(40-25)32-23(37)16-18-8-2-1-3-9-18/h1-3,8-10,12,14-15H,4-7,11,13,16-17H2,(H,31,34,38)(H,32,36,37). The molecular weight excluding hydrogens is 545 g/mol. The molecule has 40 heavy (non-hydrogen) atoms. The highest BCUT2D eigenvalue weighted by molar-refractivity contribution is 7.15. The Morgan fingerprint density at radius 1 is 0.850 bits per heavy atom. The summed E-state index contributed by atoms with van der Waals surface area (Å²) in [6.07, 6.45) is 2.05. The minimum Gasteiger partial charge on any atom is -0.406 e. The number of aromatic nitrogens is 4. The molecule has 4 rings (SSSR count). The third-order valence-corrected chi connectivity index (χ3v) is 6.66. The summed E-state index contributed by atoms with van der Waals surface area (Å²) in [7, 11) is 0. The van der Waals surface area contributed by atoms with Crippen LogP contribution in [0.25, 0.3) is 0 Å². The molecule has 2 aromatic heterocycles. The highest BCUT2D eigenvalue weighted by Crippen LogP contribution is 2.30. The van der Waals surface area contributed by atoms with Crippen LogP contribution in [0.2, 0.25) is 0 Å². The molecule has 2 heterocycles. The predicted octanol–water partition coefficient (Wildman–Crippen LogP) is 5.54. The van der Waals surface area contributed by atoms with Gasteiger partial charge in [-0.3, -0.25) is 9.59 Å². The molecule has 1 aromatic carbocycles. The van der Waals surface area contributed by atoms with Crippen LogP contribution in [0, 0.1) is 0 Å². The van der Waals surface area contributed by atoms with Crippen LogP contribution in [0.15, 0.2) is 65.9 Å². The van der Waals surface area contributed by atoms with Crippen molar-refractivity contribution in [2.75, 3.05) is 10.6 Å². The Kier molecular flexibility index (Phi) is 9.95. The van der Waals surface area contributed by atoms with Crippen molar-refractivity contribution in [3.05, 3.63) is 82.2 Å². The minimum atomic E-state index is -4.82. The second kappa shape index (κ2) is 13.8. The number of anilines is 2. The van der Waals surface area contributed by atoms with Crippen LogP contribution >= 0.6 is 11.3 Å². The average Bonchev–Trinajstić information content (AvgIpc) is 3.35. The number of carbonyl (C=O) groups is 2. The van der Waals surface area contributed by atoms with Crippen LogP contribution in [0.5, 0.6) is 0 Å². The van der Waals surface area contributed by atoms with Gasteiger partial charge in [-0.05, 0) is 61.4 Å². The normalized spacial score (nSPS) is 13.3. The molecule has 0 radical (unpaired) electrons. The molecule has 0 unspecified atom stereocenters. The molecule has 1 aliphatic rings. The first-order chi connectivity index (χ1) is 19.2. The maximum Gasteiger partial charge on any atom is 0.573 e. The zero-order chi connectivity index (χ0) is 28.4. The van der Waals surface area contributed by atoms with E-state index in [9.17, 15) is 22.8 Å². The van der Waals surface area contributed by atoms with Crippen LogP contribution in [0.1, 0.15) is 48.4 Å². The van der Waals surface area contributed by atoms with Crippen molar-refractivity contribution in [2.45, 2.75) is 57.7 Å². The molecule has 2 N–H and O–H groups in total. The molecule has 0 atom stereocenters. The van der Waals surface area contributed by atoms with Gasteiger partial charge in [0.05, 0.1) is 18.5 Å². The molecule has 0 aliphatic heterocycles. The van der Waals surface area contributed by atoms with Crippen LogP contribution in [0.3, 0.4) is 0 Å². The number of allylic oxidation sites excluding steroid dienone is 3. The lowest BCUT2D eigenvalue weighted by Gasteiger charge is -2.18. The van der Waals surface area contributed by atoms with Gasteiger partial charge in [0.25, 0.3) is 0 Å². The van der Waals surface area contributed by atoms with Gasteiger partial charge in [0.15, 0.2) is 5.82 Å². The van der Waals surface area contributed by atoms with Crippen LogP contribution in [-0.2, 0) is 33.6 Å². The van der Waals surface area contributed by atoms with Crippen molar-refractivity contribution >= 4 is 34.1 Å². The number of amides is 2. The lowest BCUT2D eigenvalue weighted by atomic mass is 10.0. The van der Waals surface area contributed by atoms with E-state index in [1.165, 1.54) is 17.4 Å². The van der Waals surface area contributed by atoms with Crippen molar-refractivity contribution in [3.8, 4) is 0 Å². The number of halogens is 3. The molecule has 1 aliphatic carbocycles. The van der Waals surface area contributed by atoms with Gasteiger partial charge in [0.1, 0.15) is 10.8 Å².